The van der Waals surface area contributed by atoms with Crippen molar-refractivity contribution >= 4 is 27.6 Å². The van der Waals surface area contributed by atoms with Gasteiger partial charge in [0, 0.05) is 17.1 Å². The molecule has 0 heterocycles. The summed E-state index contributed by atoms with van der Waals surface area (Å²) in [6.45, 7) is 4.65. The topological polar surface area (TPSA) is 49.4 Å². The Balaban J connectivity index is 2.79. The molecule has 1 atom stereocenters. The van der Waals surface area contributed by atoms with Gasteiger partial charge >= 0.3 is 0 Å². The number of hydrogen-bond donors (Lipinski definition) is 1. The lowest BCUT2D eigenvalue weighted by atomic mass is 10.0. The van der Waals surface area contributed by atoms with Gasteiger partial charge in [0.2, 0.25) is 5.91 Å². The number of rotatable bonds is 6. The van der Waals surface area contributed by atoms with E-state index in [1.807, 2.05) is 30.9 Å². The van der Waals surface area contributed by atoms with Gasteiger partial charge in [0.1, 0.15) is 0 Å². The van der Waals surface area contributed by atoms with Crippen LogP contribution in [0.25, 0.3) is 0 Å². The van der Waals surface area contributed by atoms with Crippen molar-refractivity contribution in [1.29, 1.82) is 0 Å². The smallest absolute Gasteiger partial charge is 0.233 e. The van der Waals surface area contributed by atoms with E-state index in [9.17, 15) is 9.59 Å². The standard InChI is InChI=1S/C14H19BrN2O2/c1-4-17(9-13(18)16-3)10(2)14(19)11-5-7-12(15)8-6-11/h5-8,10H,4,9H2,1-3H3,(H,16,18). The van der Waals surface area contributed by atoms with Gasteiger partial charge < -0.3 is 5.32 Å². The number of nitrogens with one attached hydrogen (secondary N) is 1. The molecule has 0 spiro atoms. The second-order valence-corrected chi connectivity index (χ2v) is 5.20. The Morgan fingerprint density at radius 1 is 1.32 bits per heavy atom. The zero-order valence-corrected chi connectivity index (χ0v) is 13.0. The van der Waals surface area contributed by atoms with Gasteiger partial charge in [0.15, 0.2) is 5.78 Å². The largest absolute Gasteiger partial charge is 0.358 e. The van der Waals surface area contributed by atoms with Gasteiger partial charge in [-0.3, -0.25) is 14.5 Å². The van der Waals surface area contributed by atoms with Crippen molar-refractivity contribution in [2.75, 3.05) is 20.1 Å². The Hall–Kier alpha value is -1.20. The third-order valence-electron chi connectivity index (χ3n) is 3.09. The maximum atomic E-state index is 12.3. The number of halogens is 1. The molecule has 1 rings (SSSR count). The summed E-state index contributed by atoms with van der Waals surface area (Å²) in [4.78, 5) is 25.6. The monoisotopic (exact) mass is 326 g/mol. The van der Waals surface area contributed by atoms with Crippen LogP contribution in [0.4, 0.5) is 0 Å². The molecule has 4 nitrogen and oxygen atoms in total. The maximum Gasteiger partial charge on any atom is 0.233 e. The number of carbonyl (C=O) groups is 2. The Labute approximate surface area is 122 Å². The summed E-state index contributed by atoms with van der Waals surface area (Å²) in [7, 11) is 1.59. The van der Waals surface area contributed by atoms with Crippen LogP contribution in [-0.4, -0.2) is 42.8 Å². The number of benzene rings is 1. The molecular weight excluding hydrogens is 308 g/mol. The lowest BCUT2D eigenvalue weighted by molar-refractivity contribution is -0.121. The first-order valence-electron chi connectivity index (χ1n) is 6.24. The van der Waals surface area contributed by atoms with Crippen LogP contribution < -0.4 is 5.32 Å². The van der Waals surface area contributed by atoms with Gasteiger partial charge in [0.05, 0.1) is 12.6 Å². The molecule has 0 saturated heterocycles. The molecule has 1 aromatic rings. The molecule has 1 aromatic carbocycles. The summed E-state index contributed by atoms with van der Waals surface area (Å²) in [6, 6.07) is 6.94. The Morgan fingerprint density at radius 2 is 1.89 bits per heavy atom. The van der Waals surface area contributed by atoms with E-state index in [0.717, 1.165) is 4.47 Å². The van der Waals surface area contributed by atoms with Crippen molar-refractivity contribution in [3.63, 3.8) is 0 Å². The predicted octanol–water partition coefficient (Wildman–Crippen LogP) is 2.09. The van der Waals surface area contributed by atoms with Crippen molar-refractivity contribution < 1.29 is 9.59 Å². The van der Waals surface area contributed by atoms with Crippen LogP contribution in [-0.2, 0) is 4.79 Å². The molecule has 0 radical (unpaired) electrons. The third-order valence-corrected chi connectivity index (χ3v) is 3.62. The molecule has 1 amide bonds. The molecule has 0 aromatic heterocycles. The van der Waals surface area contributed by atoms with Gasteiger partial charge in [0.25, 0.3) is 0 Å². The van der Waals surface area contributed by atoms with E-state index in [1.165, 1.54) is 0 Å². The van der Waals surface area contributed by atoms with E-state index in [-0.39, 0.29) is 24.3 Å². The first kappa shape index (κ1) is 15.9. The second kappa shape index (κ2) is 7.40. The number of ketones is 1. The highest BCUT2D eigenvalue weighted by molar-refractivity contribution is 9.10. The molecule has 0 fully saturated rings. The van der Waals surface area contributed by atoms with Crippen LogP contribution in [0.5, 0.6) is 0 Å². The van der Waals surface area contributed by atoms with Crippen molar-refractivity contribution in [2.24, 2.45) is 0 Å². The summed E-state index contributed by atoms with van der Waals surface area (Å²) in [6.07, 6.45) is 0. The van der Waals surface area contributed by atoms with Crippen molar-refractivity contribution in [1.82, 2.24) is 10.2 Å². The van der Waals surface area contributed by atoms with Crippen LogP contribution in [0.1, 0.15) is 24.2 Å². The number of Topliss-reactive ketones (excluding diaryl/α,β-unsaturated/α-hetero) is 1. The van der Waals surface area contributed by atoms with E-state index in [2.05, 4.69) is 21.2 Å². The fourth-order valence-corrected chi connectivity index (χ4v) is 2.07. The van der Waals surface area contributed by atoms with Gasteiger partial charge in [-0.15, -0.1) is 0 Å². The van der Waals surface area contributed by atoms with Crippen molar-refractivity contribution in [3.8, 4) is 0 Å². The highest BCUT2D eigenvalue weighted by Gasteiger charge is 2.22. The first-order chi connectivity index (χ1) is 8.99. The van der Waals surface area contributed by atoms with E-state index < -0.39 is 0 Å². The Kier molecular flexibility index (Phi) is 6.18. The van der Waals surface area contributed by atoms with Crippen LogP contribution in [0, 0.1) is 0 Å². The van der Waals surface area contributed by atoms with Gasteiger partial charge in [-0.2, -0.15) is 0 Å². The molecule has 1 N–H and O–H groups in total. The van der Waals surface area contributed by atoms with E-state index in [4.69, 9.17) is 0 Å². The fourth-order valence-electron chi connectivity index (χ4n) is 1.81. The van der Waals surface area contributed by atoms with E-state index >= 15 is 0 Å². The van der Waals surface area contributed by atoms with Crippen LogP contribution >= 0.6 is 15.9 Å². The van der Waals surface area contributed by atoms with Gasteiger partial charge in [-0.25, -0.2) is 0 Å². The fraction of sp³-hybridized carbons (Fsp3) is 0.429. The van der Waals surface area contributed by atoms with Gasteiger partial charge in [-0.05, 0) is 25.6 Å². The summed E-state index contributed by atoms with van der Waals surface area (Å²) in [5, 5.41) is 2.57. The highest BCUT2D eigenvalue weighted by Crippen LogP contribution is 2.14. The number of amides is 1. The average molecular weight is 327 g/mol. The SMILES string of the molecule is CCN(CC(=O)NC)C(C)C(=O)c1ccc(Br)cc1. The maximum absolute atomic E-state index is 12.3. The van der Waals surface area contributed by atoms with Crippen molar-refractivity contribution in [3.05, 3.63) is 34.3 Å². The lowest BCUT2D eigenvalue weighted by Gasteiger charge is -2.25. The molecule has 1 unspecified atom stereocenters. The number of nitrogens with zero attached hydrogens (tertiary/aromatic N) is 1. The Morgan fingerprint density at radius 3 is 2.37 bits per heavy atom. The average Bonchev–Trinajstić information content (AvgIpc) is 2.43. The Bertz CT molecular complexity index is 445. The quantitative estimate of drug-likeness (QED) is 0.814. The number of carbonyl (C=O) groups excluding carboxylic acids is 2. The molecule has 0 aliphatic carbocycles. The normalized spacial score (nSPS) is 12.3. The molecule has 5 heteroatoms. The molecule has 0 bridgehead atoms. The zero-order valence-electron chi connectivity index (χ0n) is 11.4. The predicted molar refractivity (Wildman–Crippen MR) is 79.2 cm³/mol. The molecular formula is C14H19BrN2O2. The molecule has 0 aliphatic heterocycles. The van der Waals surface area contributed by atoms with Crippen LogP contribution in [0.3, 0.4) is 0 Å². The molecule has 0 saturated carbocycles. The van der Waals surface area contributed by atoms with Gasteiger partial charge in [-0.1, -0.05) is 35.0 Å². The van der Waals surface area contributed by atoms with Crippen molar-refractivity contribution in [2.45, 2.75) is 19.9 Å². The summed E-state index contributed by atoms with van der Waals surface area (Å²) in [5.41, 5.74) is 0.658. The molecule has 0 aliphatic rings. The van der Waals surface area contributed by atoms with Crippen LogP contribution in [0.2, 0.25) is 0 Å². The highest BCUT2D eigenvalue weighted by atomic mass is 79.9. The second-order valence-electron chi connectivity index (χ2n) is 4.28. The lowest BCUT2D eigenvalue weighted by Crippen LogP contribution is -2.44. The molecule has 104 valence electrons. The van der Waals surface area contributed by atoms with E-state index in [0.29, 0.717) is 12.1 Å². The minimum atomic E-state index is -0.316. The van der Waals surface area contributed by atoms with E-state index in [1.54, 1.807) is 19.2 Å². The summed E-state index contributed by atoms with van der Waals surface area (Å²) >= 11 is 3.34. The van der Waals surface area contributed by atoms with Crippen LogP contribution in [0.15, 0.2) is 28.7 Å². The third kappa shape index (κ3) is 4.44. The zero-order chi connectivity index (χ0) is 14.4. The molecule has 19 heavy (non-hydrogen) atoms. The first-order valence-corrected chi connectivity index (χ1v) is 7.03. The summed E-state index contributed by atoms with van der Waals surface area (Å²) in [5.74, 6) is -0.0597. The number of likely N-dealkylation sites (N-methyl/N-ethyl adjacent to an activating group) is 2. The summed E-state index contributed by atoms with van der Waals surface area (Å²) < 4.78 is 0.939. The minimum absolute atomic E-state index is 0.0262. The minimum Gasteiger partial charge on any atom is -0.358 e. The number of hydrogen-bond acceptors (Lipinski definition) is 3.